The summed E-state index contributed by atoms with van der Waals surface area (Å²) in [5.41, 5.74) is 4.16. The molecule has 9 heteroatoms. The van der Waals surface area contributed by atoms with Crippen molar-refractivity contribution in [2.24, 2.45) is 0 Å². The minimum absolute atomic E-state index is 0.0562. The molecule has 0 radical (unpaired) electrons. The van der Waals surface area contributed by atoms with E-state index in [1.54, 1.807) is 19.1 Å². The molecule has 1 heterocycles. The SMILES string of the molecule is CCCC(Nc1ccc(C(=O)NOC(=O)CC)cn1)c1ccc(-c2ccc(C(F)(F)F)cc2)cc1. The minimum Gasteiger partial charge on any atom is -0.363 e. The predicted octanol–water partition coefficient (Wildman–Crippen LogP) is 6.32. The van der Waals surface area contributed by atoms with Crippen LogP contribution in [0.15, 0.2) is 66.9 Å². The van der Waals surface area contributed by atoms with E-state index in [4.69, 9.17) is 0 Å². The molecule has 1 aromatic heterocycles. The molecule has 6 nitrogen and oxygen atoms in total. The summed E-state index contributed by atoms with van der Waals surface area (Å²) in [5.74, 6) is -0.552. The number of carbonyl (C=O) groups excluding carboxylic acids is 2. The monoisotopic (exact) mass is 485 g/mol. The van der Waals surface area contributed by atoms with Crippen molar-refractivity contribution in [3.63, 3.8) is 0 Å². The fourth-order valence-corrected chi connectivity index (χ4v) is 3.40. The third kappa shape index (κ3) is 7.05. The summed E-state index contributed by atoms with van der Waals surface area (Å²) >= 11 is 0. The lowest BCUT2D eigenvalue weighted by molar-refractivity contribution is -0.148. The summed E-state index contributed by atoms with van der Waals surface area (Å²) in [6, 6.07) is 15.9. The van der Waals surface area contributed by atoms with Crippen LogP contribution in [-0.4, -0.2) is 16.9 Å². The van der Waals surface area contributed by atoms with Gasteiger partial charge in [0.05, 0.1) is 17.2 Å². The Balaban J connectivity index is 1.68. The van der Waals surface area contributed by atoms with Crippen LogP contribution in [0.2, 0.25) is 0 Å². The number of pyridine rings is 1. The zero-order valence-electron chi connectivity index (χ0n) is 19.4. The maximum Gasteiger partial charge on any atom is 0.416 e. The molecular weight excluding hydrogens is 459 g/mol. The number of hydrogen-bond donors (Lipinski definition) is 2. The van der Waals surface area contributed by atoms with Gasteiger partial charge < -0.3 is 10.2 Å². The van der Waals surface area contributed by atoms with E-state index in [-0.39, 0.29) is 18.0 Å². The summed E-state index contributed by atoms with van der Waals surface area (Å²) in [5, 5.41) is 3.35. The number of carbonyl (C=O) groups is 2. The van der Waals surface area contributed by atoms with Gasteiger partial charge in [0.1, 0.15) is 5.82 Å². The van der Waals surface area contributed by atoms with Gasteiger partial charge in [0, 0.05) is 12.6 Å². The summed E-state index contributed by atoms with van der Waals surface area (Å²) in [6.45, 7) is 3.68. The molecule has 0 spiro atoms. The van der Waals surface area contributed by atoms with Crippen LogP contribution < -0.4 is 10.8 Å². The van der Waals surface area contributed by atoms with Gasteiger partial charge in [-0.3, -0.25) is 4.79 Å². The van der Waals surface area contributed by atoms with Crippen molar-refractivity contribution < 1.29 is 27.6 Å². The molecule has 2 aromatic carbocycles. The molecule has 3 aromatic rings. The van der Waals surface area contributed by atoms with Crippen LogP contribution in [0.1, 0.15) is 60.6 Å². The molecule has 1 amide bonds. The molecule has 0 saturated carbocycles. The van der Waals surface area contributed by atoms with Gasteiger partial charge in [-0.05, 0) is 47.4 Å². The highest BCUT2D eigenvalue weighted by molar-refractivity contribution is 5.94. The number of hydrogen-bond acceptors (Lipinski definition) is 5. The second-order valence-corrected chi connectivity index (χ2v) is 7.87. The number of benzene rings is 2. The Kier molecular flexibility index (Phi) is 8.46. The fourth-order valence-electron chi connectivity index (χ4n) is 3.40. The van der Waals surface area contributed by atoms with Crippen molar-refractivity contribution in [3.8, 4) is 11.1 Å². The third-order valence-corrected chi connectivity index (χ3v) is 5.33. The summed E-state index contributed by atoms with van der Waals surface area (Å²) in [4.78, 5) is 32.1. The van der Waals surface area contributed by atoms with E-state index in [1.165, 1.54) is 18.3 Å². The number of aromatic nitrogens is 1. The smallest absolute Gasteiger partial charge is 0.363 e. The second-order valence-electron chi connectivity index (χ2n) is 7.87. The summed E-state index contributed by atoms with van der Waals surface area (Å²) in [7, 11) is 0. The molecule has 2 N–H and O–H groups in total. The van der Waals surface area contributed by atoms with Crippen molar-refractivity contribution in [3.05, 3.63) is 83.6 Å². The molecule has 0 aliphatic rings. The maximum absolute atomic E-state index is 12.8. The summed E-state index contributed by atoms with van der Waals surface area (Å²) < 4.78 is 38.4. The largest absolute Gasteiger partial charge is 0.416 e. The fraction of sp³-hybridized carbons (Fsp3) is 0.269. The van der Waals surface area contributed by atoms with Gasteiger partial charge in [-0.1, -0.05) is 56.7 Å². The van der Waals surface area contributed by atoms with Gasteiger partial charge in [0.15, 0.2) is 0 Å². The predicted molar refractivity (Wildman–Crippen MR) is 126 cm³/mol. The van der Waals surface area contributed by atoms with Crippen LogP contribution in [0.5, 0.6) is 0 Å². The number of rotatable bonds is 8. The molecule has 0 saturated heterocycles. The first kappa shape index (κ1) is 25.7. The van der Waals surface area contributed by atoms with Crippen molar-refractivity contribution >= 4 is 17.7 Å². The van der Waals surface area contributed by atoms with Crippen LogP contribution in [0.3, 0.4) is 0 Å². The Morgan fingerprint density at radius 3 is 2.09 bits per heavy atom. The van der Waals surface area contributed by atoms with E-state index in [0.29, 0.717) is 11.4 Å². The summed E-state index contributed by atoms with van der Waals surface area (Å²) in [6.07, 6.45) is -1.11. The van der Waals surface area contributed by atoms with E-state index in [9.17, 15) is 22.8 Å². The molecule has 0 aliphatic heterocycles. The van der Waals surface area contributed by atoms with Gasteiger partial charge >= 0.3 is 12.1 Å². The van der Waals surface area contributed by atoms with Crippen molar-refractivity contribution in [2.75, 3.05) is 5.32 Å². The van der Waals surface area contributed by atoms with E-state index >= 15 is 0 Å². The van der Waals surface area contributed by atoms with E-state index in [1.807, 2.05) is 24.3 Å². The zero-order chi connectivity index (χ0) is 25.4. The lowest BCUT2D eigenvalue weighted by Gasteiger charge is -2.20. The topological polar surface area (TPSA) is 80.3 Å². The van der Waals surface area contributed by atoms with Crippen LogP contribution in [0.25, 0.3) is 11.1 Å². The molecule has 3 rings (SSSR count). The number of nitrogens with zero attached hydrogens (tertiary/aromatic N) is 1. The number of halogens is 3. The number of hydroxylamine groups is 1. The van der Waals surface area contributed by atoms with Gasteiger partial charge in [-0.25, -0.2) is 9.78 Å². The first-order valence-electron chi connectivity index (χ1n) is 11.2. The number of amides is 1. The molecule has 1 unspecified atom stereocenters. The Bertz CT molecular complexity index is 1130. The first-order chi connectivity index (χ1) is 16.7. The van der Waals surface area contributed by atoms with E-state index in [0.717, 1.165) is 36.1 Å². The van der Waals surface area contributed by atoms with E-state index < -0.39 is 23.6 Å². The molecule has 1 atom stereocenters. The lowest BCUT2D eigenvalue weighted by atomic mass is 9.98. The van der Waals surface area contributed by atoms with Gasteiger partial charge in [-0.2, -0.15) is 18.7 Å². The van der Waals surface area contributed by atoms with Crippen LogP contribution in [0, 0.1) is 0 Å². The molecular formula is C26H26F3N3O3. The number of anilines is 1. The Morgan fingerprint density at radius 2 is 1.57 bits per heavy atom. The zero-order valence-corrected chi connectivity index (χ0v) is 19.4. The number of alkyl halides is 3. The Hall–Kier alpha value is -3.88. The average Bonchev–Trinajstić information content (AvgIpc) is 2.87. The van der Waals surface area contributed by atoms with E-state index in [2.05, 4.69) is 27.5 Å². The highest BCUT2D eigenvalue weighted by Crippen LogP contribution is 2.32. The van der Waals surface area contributed by atoms with Crippen molar-refractivity contribution in [1.29, 1.82) is 0 Å². The van der Waals surface area contributed by atoms with Crippen molar-refractivity contribution in [1.82, 2.24) is 10.5 Å². The quantitative estimate of drug-likeness (QED) is 0.365. The third-order valence-electron chi connectivity index (χ3n) is 5.33. The molecule has 0 bridgehead atoms. The van der Waals surface area contributed by atoms with Crippen LogP contribution >= 0.6 is 0 Å². The molecule has 0 fully saturated rings. The van der Waals surface area contributed by atoms with Gasteiger partial charge in [0.2, 0.25) is 0 Å². The normalized spacial score (nSPS) is 12.0. The van der Waals surface area contributed by atoms with Gasteiger partial charge in [-0.15, -0.1) is 0 Å². The van der Waals surface area contributed by atoms with Crippen LogP contribution in [-0.2, 0) is 15.8 Å². The number of nitrogens with one attached hydrogen (secondary N) is 2. The minimum atomic E-state index is -4.36. The lowest BCUT2D eigenvalue weighted by Crippen LogP contribution is -2.26. The molecule has 35 heavy (non-hydrogen) atoms. The molecule has 0 aliphatic carbocycles. The Labute approximate surface area is 201 Å². The van der Waals surface area contributed by atoms with Gasteiger partial charge in [0.25, 0.3) is 5.91 Å². The Morgan fingerprint density at radius 1 is 0.943 bits per heavy atom. The van der Waals surface area contributed by atoms with Crippen molar-refractivity contribution in [2.45, 2.75) is 45.3 Å². The van der Waals surface area contributed by atoms with Crippen LogP contribution in [0.4, 0.5) is 19.0 Å². The maximum atomic E-state index is 12.8. The molecule has 184 valence electrons. The highest BCUT2D eigenvalue weighted by atomic mass is 19.4. The second kappa shape index (κ2) is 11.5. The standard InChI is InChI=1S/C26H26F3N3O3/c1-3-5-22(31-23-15-12-20(16-30-23)25(34)32-35-24(33)4-2)19-8-6-17(7-9-19)18-10-13-21(14-11-18)26(27,28)29/h6-16,22H,3-5H2,1-2H3,(H,30,31)(H,32,34). The highest BCUT2D eigenvalue weighted by Gasteiger charge is 2.30. The average molecular weight is 486 g/mol. The first-order valence-corrected chi connectivity index (χ1v) is 11.2.